The predicted octanol–water partition coefficient (Wildman–Crippen LogP) is 5.98. The number of aliphatic imine (C=N–C) groups is 1. The molecule has 0 aromatic heterocycles. The average Bonchev–Trinajstić information content (AvgIpc) is 2.72. The fraction of sp³-hybridized carbons (Fsp3) is 0.240. The van der Waals surface area contributed by atoms with Crippen molar-refractivity contribution in [3.05, 3.63) is 89.5 Å². The standard InChI is InChI=1S/C25H28N2O/c1-2-27-25-16-13-23(26)19-22(25)10-6-7-17-28-24-14-11-21(12-15-24)18-20-8-4-3-5-9-20/h2-5,8-9,11-16,19H,6-7,10,17-18,26H2,1H3. The van der Waals surface area contributed by atoms with Crippen molar-refractivity contribution in [2.75, 3.05) is 12.3 Å². The van der Waals surface area contributed by atoms with Gasteiger partial charge in [-0.3, -0.25) is 4.99 Å². The third-order valence-corrected chi connectivity index (χ3v) is 4.66. The Bertz CT molecular complexity index is 886. The first-order valence-electron chi connectivity index (χ1n) is 9.87. The maximum Gasteiger partial charge on any atom is 0.119 e. The lowest BCUT2D eigenvalue weighted by Gasteiger charge is -2.09. The molecule has 0 heterocycles. The van der Waals surface area contributed by atoms with Crippen LogP contribution in [0.25, 0.3) is 0 Å². The van der Waals surface area contributed by atoms with Crippen LogP contribution in [0.3, 0.4) is 0 Å². The van der Waals surface area contributed by atoms with Crippen LogP contribution in [0.1, 0.15) is 36.5 Å². The number of unbranched alkanes of at least 4 members (excludes halogenated alkanes) is 1. The van der Waals surface area contributed by atoms with E-state index in [1.165, 1.54) is 16.7 Å². The molecule has 28 heavy (non-hydrogen) atoms. The third-order valence-electron chi connectivity index (χ3n) is 4.66. The summed E-state index contributed by atoms with van der Waals surface area (Å²) in [6.07, 6.45) is 5.76. The van der Waals surface area contributed by atoms with E-state index >= 15 is 0 Å². The van der Waals surface area contributed by atoms with Gasteiger partial charge in [-0.15, -0.1) is 0 Å². The molecule has 2 N–H and O–H groups in total. The van der Waals surface area contributed by atoms with Gasteiger partial charge in [-0.05, 0) is 79.6 Å². The number of benzene rings is 3. The number of aryl methyl sites for hydroxylation is 1. The summed E-state index contributed by atoms with van der Waals surface area (Å²) in [5.41, 5.74) is 11.5. The molecule has 3 nitrogen and oxygen atoms in total. The number of rotatable bonds is 9. The quantitative estimate of drug-likeness (QED) is 0.285. The van der Waals surface area contributed by atoms with Gasteiger partial charge in [0.2, 0.25) is 0 Å². The topological polar surface area (TPSA) is 47.6 Å². The van der Waals surface area contributed by atoms with Crippen molar-refractivity contribution in [3.63, 3.8) is 0 Å². The van der Waals surface area contributed by atoms with Gasteiger partial charge in [0.05, 0.1) is 12.3 Å². The number of ether oxygens (including phenoxy) is 1. The van der Waals surface area contributed by atoms with Gasteiger partial charge < -0.3 is 10.5 Å². The van der Waals surface area contributed by atoms with Gasteiger partial charge in [0.15, 0.2) is 0 Å². The second-order valence-electron chi connectivity index (χ2n) is 6.89. The molecule has 0 saturated carbocycles. The number of hydrogen-bond acceptors (Lipinski definition) is 3. The maximum atomic E-state index is 5.91. The van der Waals surface area contributed by atoms with Crippen molar-refractivity contribution in [2.24, 2.45) is 4.99 Å². The van der Waals surface area contributed by atoms with Gasteiger partial charge in [0.25, 0.3) is 0 Å². The third kappa shape index (κ3) is 5.98. The van der Waals surface area contributed by atoms with Gasteiger partial charge >= 0.3 is 0 Å². The highest BCUT2D eigenvalue weighted by atomic mass is 16.5. The second-order valence-corrected chi connectivity index (χ2v) is 6.89. The SMILES string of the molecule is CC=Nc1ccc(N)cc1CCCCOc1ccc(Cc2ccccc2)cc1. The van der Waals surface area contributed by atoms with Gasteiger partial charge in [0, 0.05) is 11.9 Å². The predicted molar refractivity (Wildman–Crippen MR) is 119 cm³/mol. The van der Waals surface area contributed by atoms with Crippen LogP contribution < -0.4 is 10.5 Å². The van der Waals surface area contributed by atoms with Crippen LogP contribution in [-0.2, 0) is 12.8 Å². The van der Waals surface area contributed by atoms with Crippen molar-refractivity contribution in [2.45, 2.75) is 32.6 Å². The molecule has 0 atom stereocenters. The van der Waals surface area contributed by atoms with E-state index in [2.05, 4.69) is 53.5 Å². The smallest absolute Gasteiger partial charge is 0.119 e. The Kier molecular flexibility index (Phi) is 7.25. The molecule has 3 rings (SSSR count). The maximum absolute atomic E-state index is 5.91. The monoisotopic (exact) mass is 372 g/mol. The molecule has 0 spiro atoms. The Morgan fingerprint density at radius 1 is 0.893 bits per heavy atom. The molecular weight excluding hydrogens is 344 g/mol. The zero-order chi connectivity index (χ0) is 19.6. The first-order valence-corrected chi connectivity index (χ1v) is 9.87. The van der Waals surface area contributed by atoms with Crippen LogP contribution in [-0.4, -0.2) is 12.8 Å². The van der Waals surface area contributed by atoms with Gasteiger partial charge in [0.1, 0.15) is 5.75 Å². The van der Waals surface area contributed by atoms with Crippen molar-refractivity contribution in [1.82, 2.24) is 0 Å². The molecule has 0 aliphatic rings. The van der Waals surface area contributed by atoms with E-state index in [4.69, 9.17) is 10.5 Å². The minimum Gasteiger partial charge on any atom is -0.494 e. The average molecular weight is 373 g/mol. The first-order chi connectivity index (χ1) is 13.7. The summed E-state index contributed by atoms with van der Waals surface area (Å²) in [4.78, 5) is 4.42. The van der Waals surface area contributed by atoms with Gasteiger partial charge in [-0.2, -0.15) is 0 Å². The van der Waals surface area contributed by atoms with Crippen molar-refractivity contribution in [3.8, 4) is 5.75 Å². The molecular formula is C25H28N2O. The number of hydrogen-bond donors (Lipinski definition) is 1. The second kappa shape index (κ2) is 10.3. The van der Waals surface area contributed by atoms with Crippen LogP contribution in [0.5, 0.6) is 5.75 Å². The van der Waals surface area contributed by atoms with E-state index in [9.17, 15) is 0 Å². The molecule has 144 valence electrons. The van der Waals surface area contributed by atoms with Crippen molar-refractivity contribution >= 4 is 17.6 Å². The normalized spacial score (nSPS) is 11.0. The number of nitrogens with zero attached hydrogens (tertiary/aromatic N) is 1. The molecule has 0 aliphatic heterocycles. The number of nitrogen functional groups attached to an aromatic ring is 1. The highest BCUT2D eigenvalue weighted by Crippen LogP contribution is 2.23. The molecule has 3 heteroatoms. The largest absolute Gasteiger partial charge is 0.494 e. The summed E-state index contributed by atoms with van der Waals surface area (Å²) in [5, 5.41) is 0. The lowest BCUT2D eigenvalue weighted by atomic mass is 10.1. The molecule has 0 bridgehead atoms. The molecule has 3 aromatic carbocycles. The van der Waals surface area contributed by atoms with Crippen LogP contribution in [0.2, 0.25) is 0 Å². The van der Waals surface area contributed by atoms with E-state index in [0.717, 1.165) is 42.8 Å². The van der Waals surface area contributed by atoms with Crippen LogP contribution in [0, 0.1) is 0 Å². The highest BCUT2D eigenvalue weighted by molar-refractivity contribution is 5.64. The summed E-state index contributed by atoms with van der Waals surface area (Å²) in [6, 6.07) is 24.8. The summed E-state index contributed by atoms with van der Waals surface area (Å²) in [7, 11) is 0. The van der Waals surface area contributed by atoms with Crippen LogP contribution in [0.15, 0.2) is 77.8 Å². The zero-order valence-electron chi connectivity index (χ0n) is 16.5. The summed E-state index contributed by atoms with van der Waals surface area (Å²) < 4.78 is 5.90. The Morgan fingerprint density at radius 3 is 2.39 bits per heavy atom. The molecule has 0 unspecified atom stereocenters. The minimum absolute atomic E-state index is 0.715. The van der Waals surface area contributed by atoms with Crippen LogP contribution >= 0.6 is 0 Å². The van der Waals surface area contributed by atoms with E-state index in [1.54, 1.807) is 0 Å². The van der Waals surface area contributed by atoms with Crippen LogP contribution in [0.4, 0.5) is 11.4 Å². The molecule has 0 radical (unpaired) electrons. The lowest BCUT2D eigenvalue weighted by molar-refractivity contribution is 0.307. The van der Waals surface area contributed by atoms with E-state index in [-0.39, 0.29) is 0 Å². The van der Waals surface area contributed by atoms with E-state index < -0.39 is 0 Å². The summed E-state index contributed by atoms with van der Waals surface area (Å²) in [5.74, 6) is 0.928. The molecule has 0 amide bonds. The minimum atomic E-state index is 0.715. The molecule has 0 saturated heterocycles. The molecule has 3 aromatic rings. The van der Waals surface area contributed by atoms with Gasteiger partial charge in [-0.25, -0.2) is 0 Å². The van der Waals surface area contributed by atoms with E-state index in [0.29, 0.717) is 6.61 Å². The lowest BCUT2D eigenvalue weighted by Crippen LogP contribution is -1.99. The summed E-state index contributed by atoms with van der Waals surface area (Å²) in [6.45, 7) is 2.64. The Hall–Kier alpha value is -3.07. The summed E-state index contributed by atoms with van der Waals surface area (Å²) >= 11 is 0. The van der Waals surface area contributed by atoms with Crippen molar-refractivity contribution < 1.29 is 4.74 Å². The first kappa shape index (κ1) is 19.7. The molecule has 0 fully saturated rings. The number of anilines is 1. The molecule has 0 aliphatic carbocycles. The Morgan fingerprint density at radius 2 is 1.64 bits per heavy atom. The zero-order valence-corrected chi connectivity index (χ0v) is 16.5. The fourth-order valence-corrected chi connectivity index (χ4v) is 3.21. The Balaban J connectivity index is 1.43. The number of nitrogens with two attached hydrogens (primary N) is 1. The van der Waals surface area contributed by atoms with Crippen molar-refractivity contribution in [1.29, 1.82) is 0 Å². The van der Waals surface area contributed by atoms with E-state index in [1.807, 2.05) is 37.4 Å². The fourth-order valence-electron chi connectivity index (χ4n) is 3.21. The highest BCUT2D eigenvalue weighted by Gasteiger charge is 2.03. The Labute approximate surface area is 167 Å². The van der Waals surface area contributed by atoms with Gasteiger partial charge in [-0.1, -0.05) is 42.5 Å².